The highest BCUT2D eigenvalue weighted by Gasteiger charge is 2.43. The Morgan fingerprint density at radius 2 is 2.10 bits per heavy atom. The van der Waals surface area contributed by atoms with Crippen LogP contribution < -0.4 is 11.1 Å². The van der Waals surface area contributed by atoms with Crippen LogP contribution in [0.4, 0.5) is 9.59 Å². The van der Waals surface area contributed by atoms with Crippen molar-refractivity contribution in [1.29, 1.82) is 0 Å². The molecule has 2 rings (SSSR count). The van der Waals surface area contributed by atoms with E-state index in [-0.39, 0.29) is 19.7 Å². The van der Waals surface area contributed by atoms with E-state index in [2.05, 4.69) is 10.1 Å². The molecule has 3 N–H and O–H groups in total. The van der Waals surface area contributed by atoms with Gasteiger partial charge >= 0.3 is 12.2 Å². The molecule has 1 aromatic rings. The number of halogens is 1. The van der Waals surface area contributed by atoms with Gasteiger partial charge in [-0.2, -0.15) is 0 Å². The Kier molecular flexibility index (Phi) is 8.34. The summed E-state index contributed by atoms with van der Waals surface area (Å²) in [6.07, 6.45) is -0.0750. The molecule has 2 unspecified atom stereocenters. The van der Waals surface area contributed by atoms with E-state index in [0.29, 0.717) is 18.0 Å². The van der Waals surface area contributed by atoms with Gasteiger partial charge in [0, 0.05) is 24.7 Å². The zero-order valence-corrected chi connectivity index (χ0v) is 18.8. The lowest BCUT2D eigenvalue weighted by molar-refractivity contribution is -0.0378. The van der Waals surface area contributed by atoms with Crippen molar-refractivity contribution in [3.8, 4) is 0 Å². The zero-order chi connectivity index (χ0) is 22.4. The molecule has 30 heavy (non-hydrogen) atoms. The Morgan fingerprint density at radius 3 is 2.73 bits per heavy atom. The highest BCUT2D eigenvalue weighted by Crippen LogP contribution is 2.36. The smallest absolute Gasteiger partial charge is 0.410 e. The lowest BCUT2D eigenvalue weighted by atomic mass is 9.81. The second kappa shape index (κ2) is 10.3. The number of hydrogen-bond acceptors (Lipinski definition) is 6. The number of hydrogen-bond donors (Lipinski definition) is 2. The second-order valence-corrected chi connectivity index (χ2v) is 8.90. The van der Waals surface area contributed by atoms with Crippen LogP contribution in [-0.2, 0) is 14.2 Å². The first kappa shape index (κ1) is 24.2. The van der Waals surface area contributed by atoms with Gasteiger partial charge in [-0.25, -0.2) is 9.59 Å². The Labute approximate surface area is 183 Å². The van der Waals surface area contributed by atoms with Gasteiger partial charge in [0.05, 0.1) is 19.3 Å². The van der Waals surface area contributed by atoms with Crippen LogP contribution >= 0.6 is 11.6 Å². The van der Waals surface area contributed by atoms with Crippen molar-refractivity contribution in [2.45, 2.75) is 50.9 Å². The number of carbonyl (C=O) groups excluding carboxylic acids is 2. The van der Waals surface area contributed by atoms with Crippen LogP contribution in [0.15, 0.2) is 24.3 Å². The van der Waals surface area contributed by atoms with Gasteiger partial charge in [-0.05, 0) is 51.3 Å². The molecule has 8 nitrogen and oxygen atoms in total. The minimum atomic E-state index is -0.842. The quantitative estimate of drug-likeness (QED) is 0.655. The fraction of sp³-hybridized carbons (Fsp3) is 0.619. The molecule has 1 aromatic carbocycles. The van der Waals surface area contributed by atoms with E-state index in [0.717, 1.165) is 12.0 Å². The molecule has 1 heterocycles. The molecular weight excluding hydrogens is 410 g/mol. The number of carbonyl (C=O) groups is 2. The Morgan fingerprint density at radius 1 is 1.37 bits per heavy atom. The van der Waals surface area contributed by atoms with Gasteiger partial charge in [-0.1, -0.05) is 23.7 Å². The van der Waals surface area contributed by atoms with Crippen molar-refractivity contribution < 1.29 is 23.8 Å². The second-order valence-electron chi connectivity index (χ2n) is 8.46. The highest BCUT2D eigenvalue weighted by atomic mass is 35.5. The van der Waals surface area contributed by atoms with E-state index in [1.54, 1.807) is 17.0 Å². The molecule has 0 saturated carbocycles. The lowest BCUT2D eigenvalue weighted by Gasteiger charge is -2.45. The SMILES string of the molecule is COC(=O)NCCOC(c1cccc(Cl)c1)C1(N)CCCN(C(=O)OC(C)(C)C)C1. The minimum Gasteiger partial charge on any atom is -0.453 e. The normalized spacial score (nSPS) is 20.4. The summed E-state index contributed by atoms with van der Waals surface area (Å²) >= 11 is 6.19. The predicted octanol–water partition coefficient (Wildman–Crippen LogP) is 3.48. The first-order valence-electron chi connectivity index (χ1n) is 10.00. The summed E-state index contributed by atoms with van der Waals surface area (Å²) in [6.45, 7) is 6.82. The number of benzene rings is 1. The van der Waals surface area contributed by atoms with Crippen molar-refractivity contribution in [1.82, 2.24) is 10.2 Å². The Bertz CT molecular complexity index is 740. The summed E-state index contributed by atoms with van der Waals surface area (Å²) in [5.74, 6) is 0. The zero-order valence-electron chi connectivity index (χ0n) is 18.1. The van der Waals surface area contributed by atoms with E-state index < -0.39 is 29.4 Å². The van der Waals surface area contributed by atoms with Gasteiger partial charge in [0.15, 0.2) is 0 Å². The van der Waals surface area contributed by atoms with Crippen molar-refractivity contribution in [3.05, 3.63) is 34.9 Å². The number of rotatable bonds is 6. The molecular formula is C21H32ClN3O5. The number of ether oxygens (including phenoxy) is 3. The number of nitrogens with one attached hydrogen (secondary N) is 1. The summed E-state index contributed by atoms with van der Waals surface area (Å²) < 4.78 is 16.2. The molecule has 2 amide bonds. The minimum absolute atomic E-state index is 0.220. The van der Waals surface area contributed by atoms with Crippen LogP contribution in [0.1, 0.15) is 45.3 Å². The number of nitrogens with two attached hydrogens (primary N) is 1. The molecule has 1 aliphatic rings. The van der Waals surface area contributed by atoms with Gasteiger partial charge in [0.1, 0.15) is 11.7 Å². The fourth-order valence-electron chi connectivity index (χ4n) is 3.47. The van der Waals surface area contributed by atoms with Crippen molar-refractivity contribution in [2.75, 3.05) is 33.4 Å². The largest absolute Gasteiger partial charge is 0.453 e. The first-order valence-corrected chi connectivity index (χ1v) is 10.4. The van der Waals surface area contributed by atoms with E-state index in [4.69, 9.17) is 26.8 Å². The van der Waals surface area contributed by atoms with E-state index in [1.807, 2.05) is 32.9 Å². The van der Waals surface area contributed by atoms with Crippen molar-refractivity contribution in [3.63, 3.8) is 0 Å². The topological polar surface area (TPSA) is 103 Å². The molecule has 0 aliphatic carbocycles. The molecule has 168 valence electrons. The van der Waals surface area contributed by atoms with Crippen molar-refractivity contribution >= 4 is 23.8 Å². The summed E-state index contributed by atoms with van der Waals surface area (Å²) in [4.78, 5) is 25.5. The standard InChI is InChI=1S/C21H32ClN3O5/c1-20(2,3)30-19(27)25-11-6-9-21(23,14-25)17(15-7-5-8-16(22)13-15)29-12-10-24-18(26)28-4/h5,7-8,13,17H,6,9-12,14,23H2,1-4H3,(H,24,26). The Hall–Kier alpha value is -2.03. The number of alkyl carbamates (subject to hydrolysis) is 1. The average molecular weight is 442 g/mol. The van der Waals surface area contributed by atoms with Crippen molar-refractivity contribution in [2.24, 2.45) is 5.73 Å². The molecule has 1 fully saturated rings. The predicted molar refractivity (Wildman–Crippen MR) is 115 cm³/mol. The van der Waals surface area contributed by atoms with Gasteiger partial charge in [0.25, 0.3) is 0 Å². The maximum atomic E-state index is 12.6. The van der Waals surface area contributed by atoms with Crippen LogP contribution in [0.2, 0.25) is 5.02 Å². The summed E-state index contributed by atoms with van der Waals surface area (Å²) in [6, 6.07) is 7.31. The van der Waals surface area contributed by atoms with Gasteiger partial charge in [-0.3, -0.25) is 0 Å². The molecule has 0 spiro atoms. The van der Waals surface area contributed by atoms with Gasteiger partial charge < -0.3 is 30.2 Å². The molecule has 9 heteroatoms. The van der Waals surface area contributed by atoms with Gasteiger partial charge in [0.2, 0.25) is 0 Å². The highest BCUT2D eigenvalue weighted by molar-refractivity contribution is 6.30. The number of likely N-dealkylation sites (tertiary alicyclic amines) is 1. The van der Waals surface area contributed by atoms with Crippen LogP contribution in [0, 0.1) is 0 Å². The van der Waals surface area contributed by atoms with E-state index in [1.165, 1.54) is 7.11 Å². The maximum absolute atomic E-state index is 12.6. The molecule has 2 atom stereocenters. The maximum Gasteiger partial charge on any atom is 0.410 e. The monoisotopic (exact) mass is 441 g/mol. The van der Waals surface area contributed by atoms with E-state index >= 15 is 0 Å². The van der Waals surface area contributed by atoms with Crippen LogP contribution in [-0.4, -0.2) is 61.6 Å². The molecule has 0 radical (unpaired) electrons. The number of nitrogens with zero attached hydrogens (tertiary/aromatic N) is 1. The average Bonchev–Trinajstić information content (AvgIpc) is 2.66. The van der Waals surface area contributed by atoms with Crippen LogP contribution in [0.3, 0.4) is 0 Å². The molecule has 0 bridgehead atoms. The molecule has 1 aliphatic heterocycles. The number of piperidine rings is 1. The first-order chi connectivity index (χ1) is 14.0. The molecule has 1 saturated heterocycles. The summed E-state index contributed by atoms with van der Waals surface area (Å²) in [5, 5.41) is 3.15. The fourth-order valence-corrected chi connectivity index (χ4v) is 3.67. The van der Waals surface area contributed by atoms with Crippen LogP contribution in [0.5, 0.6) is 0 Å². The van der Waals surface area contributed by atoms with Crippen LogP contribution in [0.25, 0.3) is 0 Å². The third kappa shape index (κ3) is 7.04. The number of amides is 2. The van der Waals surface area contributed by atoms with E-state index in [9.17, 15) is 9.59 Å². The third-order valence-corrected chi connectivity index (χ3v) is 4.96. The summed E-state index contributed by atoms with van der Waals surface area (Å²) in [5.41, 5.74) is 6.20. The summed E-state index contributed by atoms with van der Waals surface area (Å²) in [7, 11) is 1.30. The lowest BCUT2D eigenvalue weighted by Crippen LogP contribution is -2.60. The number of methoxy groups -OCH3 is 1. The van der Waals surface area contributed by atoms with Gasteiger partial charge in [-0.15, -0.1) is 0 Å². The third-order valence-electron chi connectivity index (χ3n) is 4.72. The molecule has 0 aromatic heterocycles. The Balaban J connectivity index is 2.18.